The van der Waals surface area contributed by atoms with Crippen LogP contribution < -0.4 is 10.6 Å². The molecule has 0 spiro atoms. The summed E-state index contributed by atoms with van der Waals surface area (Å²) in [6, 6.07) is 4.88. The molecule has 0 bridgehead atoms. The molecule has 1 fully saturated rings. The predicted molar refractivity (Wildman–Crippen MR) is 88.1 cm³/mol. The zero-order chi connectivity index (χ0) is 17.0. The summed E-state index contributed by atoms with van der Waals surface area (Å²) in [6.45, 7) is 0.486. The average Bonchev–Trinajstić information content (AvgIpc) is 2.93. The molecule has 1 aliphatic rings. The van der Waals surface area contributed by atoms with Crippen molar-refractivity contribution in [2.45, 2.75) is 19.0 Å². The van der Waals surface area contributed by atoms with Gasteiger partial charge in [-0.05, 0) is 24.1 Å². The van der Waals surface area contributed by atoms with Gasteiger partial charge in [0, 0.05) is 31.2 Å². The molecule has 1 amide bonds. The Hall–Kier alpha value is -2.55. The van der Waals surface area contributed by atoms with Crippen LogP contribution in [0.15, 0.2) is 36.8 Å². The number of pyridine rings is 1. The highest BCUT2D eigenvalue weighted by molar-refractivity contribution is 7.91. The molecular weight excluding hydrogens is 330 g/mol. The first kappa shape index (κ1) is 16.3. The van der Waals surface area contributed by atoms with Crippen LogP contribution in [0, 0.1) is 0 Å². The van der Waals surface area contributed by atoms with Gasteiger partial charge in [0.2, 0.25) is 5.95 Å². The fourth-order valence-electron chi connectivity index (χ4n) is 2.42. The van der Waals surface area contributed by atoms with Crippen LogP contribution in [-0.2, 0) is 16.4 Å². The van der Waals surface area contributed by atoms with E-state index in [0.29, 0.717) is 18.9 Å². The number of aromatic nitrogens is 3. The number of nitrogens with zero attached hydrogens (tertiary/aromatic N) is 3. The van der Waals surface area contributed by atoms with E-state index < -0.39 is 15.7 Å². The standard InChI is InChI=1S/C15H17N5O3S/c21-14(19-12-4-7-24(22,23)10-12)13-3-6-17-15(20-13)18-9-11-2-1-5-16-8-11/h1-3,5-6,8,12H,4,7,9-10H2,(H,19,21)(H,17,18,20). The van der Waals surface area contributed by atoms with Crippen molar-refractivity contribution in [1.29, 1.82) is 0 Å². The van der Waals surface area contributed by atoms with E-state index in [2.05, 4.69) is 25.6 Å². The molecule has 0 saturated carbocycles. The maximum atomic E-state index is 12.2. The number of nitrogens with one attached hydrogen (secondary N) is 2. The zero-order valence-corrected chi connectivity index (χ0v) is 13.7. The number of amides is 1. The van der Waals surface area contributed by atoms with Crippen LogP contribution in [0.4, 0.5) is 5.95 Å². The molecule has 3 rings (SSSR count). The van der Waals surface area contributed by atoms with Crippen LogP contribution in [0.3, 0.4) is 0 Å². The third-order valence-electron chi connectivity index (χ3n) is 3.63. The number of carbonyl (C=O) groups excluding carboxylic acids is 1. The van der Waals surface area contributed by atoms with E-state index in [1.54, 1.807) is 12.4 Å². The molecule has 2 aromatic rings. The lowest BCUT2D eigenvalue weighted by Gasteiger charge is -2.11. The minimum absolute atomic E-state index is 0.0179. The Balaban J connectivity index is 1.61. The van der Waals surface area contributed by atoms with Gasteiger partial charge in [0.25, 0.3) is 5.91 Å². The lowest BCUT2D eigenvalue weighted by atomic mass is 10.2. The van der Waals surface area contributed by atoms with Gasteiger partial charge in [-0.2, -0.15) is 0 Å². The second-order valence-corrected chi connectivity index (χ2v) is 7.78. The van der Waals surface area contributed by atoms with E-state index in [-0.39, 0.29) is 23.2 Å². The van der Waals surface area contributed by atoms with Gasteiger partial charge in [-0.25, -0.2) is 18.4 Å². The number of hydrogen-bond acceptors (Lipinski definition) is 7. The second kappa shape index (κ2) is 6.91. The summed E-state index contributed by atoms with van der Waals surface area (Å²) in [5.41, 5.74) is 1.16. The highest BCUT2D eigenvalue weighted by Crippen LogP contribution is 2.12. The Morgan fingerprint density at radius 3 is 2.88 bits per heavy atom. The normalized spacial score (nSPS) is 18.9. The molecule has 0 aliphatic carbocycles. The molecule has 0 aromatic carbocycles. The lowest BCUT2D eigenvalue weighted by Crippen LogP contribution is -2.36. The number of sulfone groups is 1. The molecule has 24 heavy (non-hydrogen) atoms. The summed E-state index contributed by atoms with van der Waals surface area (Å²) in [5, 5.41) is 5.73. The van der Waals surface area contributed by atoms with Crippen LogP contribution in [-0.4, -0.2) is 46.8 Å². The van der Waals surface area contributed by atoms with Crippen LogP contribution in [0.1, 0.15) is 22.5 Å². The molecule has 126 valence electrons. The third kappa shape index (κ3) is 4.25. The summed E-state index contributed by atoms with van der Waals surface area (Å²) in [7, 11) is -3.04. The molecule has 1 saturated heterocycles. The number of rotatable bonds is 5. The number of anilines is 1. The first-order valence-electron chi connectivity index (χ1n) is 7.49. The Morgan fingerprint density at radius 2 is 2.17 bits per heavy atom. The van der Waals surface area contributed by atoms with Gasteiger partial charge in [0.1, 0.15) is 5.69 Å². The zero-order valence-electron chi connectivity index (χ0n) is 12.8. The molecule has 1 aliphatic heterocycles. The van der Waals surface area contributed by atoms with Crippen molar-refractivity contribution < 1.29 is 13.2 Å². The number of hydrogen-bond donors (Lipinski definition) is 2. The lowest BCUT2D eigenvalue weighted by molar-refractivity contribution is 0.0936. The summed E-state index contributed by atoms with van der Waals surface area (Å²) >= 11 is 0. The van der Waals surface area contributed by atoms with Gasteiger partial charge in [0.15, 0.2) is 9.84 Å². The smallest absolute Gasteiger partial charge is 0.270 e. The maximum absolute atomic E-state index is 12.2. The van der Waals surface area contributed by atoms with Crippen molar-refractivity contribution in [3.8, 4) is 0 Å². The summed E-state index contributed by atoms with van der Waals surface area (Å²) in [5.74, 6) is 0.0183. The Bertz CT molecular complexity index is 826. The fourth-order valence-corrected chi connectivity index (χ4v) is 4.10. The minimum atomic E-state index is -3.04. The minimum Gasteiger partial charge on any atom is -0.350 e. The van der Waals surface area contributed by atoms with Gasteiger partial charge >= 0.3 is 0 Å². The molecule has 2 N–H and O–H groups in total. The van der Waals surface area contributed by atoms with E-state index in [4.69, 9.17) is 0 Å². The third-order valence-corrected chi connectivity index (χ3v) is 5.40. The molecule has 9 heteroatoms. The Morgan fingerprint density at radius 1 is 1.29 bits per heavy atom. The van der Waals surface area contributed by atoms with E-state index in [0.717, 1.165) is 5.56 Å². The molecule has 1 unspecified atom stereocenters. The highest BCUT2D eigenvalue weighted by Gasteiger charge is 2.29. The van der Waals surface area contributed by atoms with Crippen LogP contribution in [0.2, 0.25) is 0 Å². The molecule has 3 heterocycles. The van der Waals surface area contributed by atoms with Gasteiger partial charge in [-0.3, -0.25) is 9.78 Å². The largest absolute Gasteiger partial charge is 0.350 e. The topological polar surface area (TPSA) is 114 Å². The first-order valence-corrected chi connectivity index (χ1v) is 9.31. The average molecular weight is 347 g/mol. The van der Waals surface area contributed by atoms with Gasteiger partial charge in [-0.15, -0.1) is 0 Å². The molecular formula is C15H17N5O3S. The van der Waals surface area contributed by atoms with Crippen molar-refractivity contribution >= 4 is 21.7 Å². The van der Waals surface area contributed by atoms with E-state index in [9.17, 15) is 13.2 Å². The van der Waals surface area contributed by atoms with Crippen LogP contribution in [0.25, 0.3) is 0 Å². The van der Waals surface area contributed by atoms with Gasteiger partial charge in [-0.1, -0.05) is 6.07 Å². The molecule has 2 aromatic heterocycles. The Kier molecular flexibility index (Phi) is 4.70. The monoisotopic (exact) mass is 347 g/mol. The molecule has 1 atom stereocenters. The highest BCUT2D eigenvalue weighted by atomic mass is 32.2. The van der Waals surface area contributed by atoms with Crippen molar-refractivity contribution in [2.24, 2.45) is 0 Å². The van der Waals surface area contributed by atoms with Crippen LogP contribution >= 0.6 is 0 Å². The van der Waals surface area contributed by atoms with Gasteiger partial charge < -0.3 is 10.6 Å². The van der Waals surface area contributed by atoms with Crippen molar-refractivity contribution in [3.63, 3.8) is 0 Å². The van der Waals surface area contributed by atoms with Crippen LogP contribution in [0.5, 0.6) is 0 Å². The van der Waals surface area contributed by atoms with Gasteiger partial charge in [0.05, 0.1) is 11.5 Å². The molecule has 8 nitrogen and oxygen atoms in total. The summed E-state index contributed by atoms with van der Waals surface area (Å²) in [6.07, 6.45) is 5.34. The van der Waals surface area contributed by atoms with Crippen molar-refractivity contribution in [2.75, 3.05) is 16.8 Å². The fraction of sp³-hybridized carbons (Fsp3) is 0.333. The van der Waals surface area contributed by atoms with E-state index >= 15 is 0 Å². The second-order valence-electron chi connectivity index (χ2n) is 5.55. The summed E-state index contributed by atoms with van der Waals surface area (Å²) in [4.78, 5) is 24.5. The predicted octanol–water partition coefficient (Wildman–Crippen LogP) is 0.401. The van der Waals surface area contributed by atoms with E-state index in [1.165, 1.54) is 12.3 Å². The first-order chi connectivity index (χ1) is 11.5. The van der Waals surface area contributed by atoms with E-state index in [1.807, 2.05) is 12.1 Å². The molecule has 0 radical (unpaired) electrons. The quantitative estimate of drug-likeness (QED) is 0.804. The summed E-state index contributed by atoms with van der Waals surface area (Å²) < 4.78 is 22.9. The maximum Gasteiger partial charge on any atom is 0.270 e. The Labute approximate surface area is 139 Å². The SMILES string of the molecule is O=C(NC1CCS(=O)(=O)C1)c1ccnc(NCc2cccnc2)n1. The number of carbonyl (C=O) groups is 1. The van der Waals surface area contributed by atoms with Crippen molar-refractivity contribution in [3.05, 3.63) is 48.0 Å². The van der Waals surface area contributed by atoms with Crippen molar-refractivity contribution in [1.82, 2.24) is 20.3 Å².